The SMILES string of the molecule is Cc1c(C(N)=O)cnn1-c1cccc(C(F)(F)F)c1. The van der Waals surface area contributed by atoms with Gasteiger partial charge in [-0.1, -0.05) is 6.07 Å². The molecule has 0 aliphatic heterocycles. The third kappa shape index (κ3) is 2.44. The molecule has 2 aromatic rings. The summed E-state index contributed by atoms with van der Waals surface area (Å²) in [4.78, 5) is 11.1. The Bertz CT molecular complexity index is 631. The van der Waals surface area contributed by atoms with Gasteiger partial charge in [0.15, 0.2) is 0 Å². The third-order valence-electron chi connectivity index (χ3n) is 2.69. The molecule has 1 amide bonds. The van der Waals surface area contributed by atoms with Crippen molar-refractivity contribution in [2.45, 2.75) is 13.1 Å². The summed E-state index contributed by atoms with van der Waals surface area (Å²) in [5.41, 5.74) is 5.15. The molecular weight excluding hydrogens is 259 g/mol. The van der Waals surface area contributed by atoms with Crippen molar-refractivity contribution in [1.29, 1.82) is 0 Å². The van der Waals surface area contributed by atoms with Crippen molar-refractivity contribution in [3.8, 4) is 5.69 Å². The van der Waals surface area contributed by atoms with Gasteiger partial charge >= 0.3 is 6.18 Å². The van der Waals surface area contributed by atoms with Crippen molar-refractivity contribution in [1.82, 2.24) is 9.78 Å². The fourth-order valence-corrected chi connectivity index (χ4v) is 1.73. The fourth-order valence-electron chi connectivity index (χ4n) is 1.73. The third-order valence-corrected chi connectivity index (χ3v) is 2.69. The van der Waals surface area contributed by atoms with Crippen LogP contribution in [0, 0.1) is 6.92 Å². The molecule has 1 aromatic carbocycles. The topological polar surface area (TPSA) is 60.9 Å². The van der Waals surface area contributed by atoms with Gasteiger partial charge in [-0.15, -0.1) is 0 Å². The summed E-state index contributed by atoms with van der Waals surface area (Å²) in [6.07, 6.45) is -3.19. The molecule has 2 rings (SSSR count). The van der Waals surface area contributed by atoms with Crippen LogP contribution in [0.3, 0.4) is 0 Å². The Morgan fingerprint density at radius 3 is 2.58 bits per heavy atom. The van der Waals surface area contributed by atoms with Crippen molar-refractivity contribution >= 4 is 5.91 Å². The number of hydrogen-bond donors (Lipinski definition) is 1. The van der Waals surface area contributed by atoms with E-state index in [2.05, 4.69) is 5.10 Å². The summed E-state index contributed by atoms with van der Waals surface area (Å²) in [5, 5.41) is 3.88. The minimum Gasteiger partial charge on any atom is -0.365 e. The van der Waals surface area contributed by atoms with Crippen molar-refractivity contribution in [3.63, 3.8) is 0 Å². The van der Waals surface area contributed by atoms with E-state index in [0.29, 0.717) is 5.69 Å². The summed E-state index contributed by atoms with van der Waals surface area (Å²) in [6, 6.07) is 4.69. The maximum absolute atomic E-state index is 12.6. The molecule has 0 radical (unpaired) electrons. The molecule has 0 atom stereocenters. The largest absolute Gasteiger partial charge is 0.416 e. The van der Waals surface area contributed by atoms with Gasteiger partial charge < -0.3 is 5.73 Å². The van der Waals surface area contributed by atoms with Crippen LogP contribution in [0.15, 0.2) is 30.5 Å². The Labute approximate surface area is 106 Å². The molecule has 7 heteroatoms. The average Bonchev–Trinajstić information content (AvgIpc) is 2.70. The Hall–Kier alpha value is -2.31. The number of amides is 1. The van der Waals surface area contributed by atoms with E-state index in [0.717, 1.165) is 12.1 Å². The van der Waals surface area contributed by atoms with E-state index in [4.69, 9.17) is 5.73 Å². The monoisotopic (exact) mass is 269 g/mol. The highest BCUT2D eigenvalue weighted by Crippen LogP contribution is 2.30. The van der Waals surface area contributed by atoms with Crippen LogP contribution in [0.25, 0.3) is 5.69 Å². The van der Waals surface area contributed by atoms with Crippen LogP contribution in [-0.2, 0) is 6.18 Å². The number of nitrogens with two attached hydrogens (primary N) is 1. The number of carbonyl (C=O) groups is 1. The minimum absolute atomic E-state index is 0.178. The fraction of sp³-hybridized carbons (Fsp3) is 0.167. The highest BCUT2D eigenvalue weighted by molar-refractivity contribution is 5.93. The second-order valence-corrected chi connectivity index (χ2v) is 3.97. The molecule has 0 saturated heterocycles. The number of carbonyl (C=O) groups excluding carboxylic acids is 1. The highest BCUT2D eigenvalue weighted by atomic mass is 19.4. The predicted molar refractivity (Wildman–Crippen MR) is 61.8 cm³/mol. The number of benzene rings is 1. The first kappa shape index (κ1) is 13.1. The molecule has 0 aliphatic carbocycles. The van der Waals surface area contributed by atoms with E-state index in [1.807, 2.05) is 0 Å². The van der Waals surface area contributed by atoms with Crippen LogP contribution in [0.5, 0.6) is 0 Å². The first-order valence-corrected chi connectivity index (χ1v) is 5.33. The van der Waals surface area contributed by atoms with Gasteiger partial charge in [0.1, 0.15) is 0 Å². The molecule has 4 nitrogen and oxygen atoms in total. The first-order valence-electron chi connectivity index (χ1n) is 5.33. The van der Waals surface area contributed by atoms with Crippen LogP contribution in [0.2, 0.25) is 0 Å². The smallest absolute Gasteiger partial charge is 0.365 e. The summed E-state index contributed by atoms with van der Waals surface area (Å²) in [5.74, 6) is -0.671. The molecule has 0 aliphatic rings. The summed E-state index contributed by atoms with van der Waals surface area (Å²) in [6.45, 7) is 1.56. The molecular formula is C12H10F3N3O. The number of primary amides is 1. The normalized spacial score (nSPS) is 11.6. The molecule has 0 saturated carbocycles. The van der Waals surface area contributed by atoms with Gasteiger partial charge in [-0.25, -0.2) is 4.68 Å². The second-order valence-electron chi connectivity index (χ2n) is 3.97. The number of nitrogens with zero attached hydrogens (tertiary/aromatic N) is 2. The van der Waals surface area contributed by atoms with Gasteiger partial charge in [0, 0.05) is 0 Å². The number of rotatable bonds is 2. The lowest BCUT2D eigenvalue weighted by Crippen LogP contribution is -2.12. The Morgan fingerprint density at radius 2 is 2.05 bits per heavy atom. The van der Waals surface area contributed by atoms with E-state index in [-0.39, 0.29) is 11.3 Å². The van der Waals surface area contributed by atoms with Crippen LogP contribution in [0.4, 0.5) is 13.2 Å². The zero-order chi connectivity index (χ0) is 14.2. The highest BCUT2D eigenvalue weighted by Gasteiger charge is 2.30. The van der Waals surface area contributed by atoms with E-state index in [1.165, 1.54) is 23.0 Å². The van der Waals surface area contributed by atoms with E-state index in [1.54, 1.807) is 6.92 Å². The van der Waals surface area contributed by atoms with Gasteiger partial charge in [-0.3, -0.25) is 4.79 Å². The Morgan fingerprint density at radius 1 is 1.37 bits per heavy atom. The van der Waals surface area contributed by atoms with Gasteiger partial charge in [-0.05, 0) is 25.1 Å². The summed E-state index contributed by atoms with van der Waals surface area (Å²) in [7, 11) is 0. The molecule has 1 heterocycles. The summed E-state index contributed by atoms with van der Waals surface area (Å²) >= 11 is 0. The average molecular weight is 269 g/mol. The molecule has 0 spiro atoms. The predicted octanol–water partition coefficient (Wildman–Crippen LogP) is 2.30. The van der Waals surface area contributed by atoms with E-state index >= 15 is 0 Å². The maximum Gasteiger partial charge on any atom is 0.416 e. The van der Waals surface area contributed by atoms with E-state index in [9.17, 15) is 18.0 Å². The minimum atomic E-state index is -4.43. The zero-order valence-corrected chi connectivity index (χ0v) is 9.90. The number of aromatic nitrogens is 2. The standard InChI is InChI=1S/C12H10F3N3O/c1-7-10(11(16)19)6-17-18(7)9-4-2-3-8(5-9)12(13,14)15/h2-6H,1H3,(H2,16,19). The van der Waals surface area contributed by atoms with Gasteiger partial charge in [-0.2, -0.15) is 18.3 Å². The van der Waals surface area contributed by atoms with Crippen molar-refractivity contribution in [2.75, 3.05) is 0 Å². The van der Waals surface area contributed by atoms with Crippen LogP contribution in [0.1, 0.15) is 21.6 Å². The molecule has 0 unspecified atom stereocenters. The van der Waals surface area contributed by atoms with Crippen molar-refractivity contribution in [2.24, 2.45) is 5.73 Å². The maximum atomic E-state index is 12.6. The Kier molecular flexibility index (Phi) is 3.05. The first-order chi connectivity index (χ1) is 8.80. The lowest BCUT2D eigenvalue weighted by Gasteiger charge is -2.10. The zero-order valence-electron chi connectivity index (χ0n) is 9.90. The molecule has 100 valence electrons. The number of hydrogen-bond acceptors (Lipinski definition) is 2. The lowest BCUT2D eigenvalue weighted by atomic mass is 10.2. The van der Waals surface area contributed by atoms with Crippen molar-refractivity contribution < 1.29 is 18.0 Å². The second kappa shape index (κ2) is 4.42. The van der Waals surface area contributed by atoms with Crippen LogP contribution in [-0.4, -0.2) is 15.7 Å². The van der Waals surface area contributed by atoms with E-state index < -0.39 is 17.6 Å². The molecule has 1 aromatic heterocycles. The van der Waals surface area contributed by atoms with Gasteiger partial charge in [0.05, 0.1) is 28.7 Å². The Balaban J connectivity index is 2.51. The molecule has 2 N–H and O–H groups in total. The molecule has 19 heavy (non-hydrogen) atoms. The quantitative estimate of drug-likeness (QED) is 0.909. The van der Waals surface area contributed by atoms with Gasteiger partial charge in [0.2, 0.25) is 0 Å². The molecule has 0 bridgehead atoms. The van der Waals surface area contributed by atoms with Crippen LogP contribution < -0.4 is 5.73 Å². The van der Waals surface area contributed by atoms with Gasteiger partial charge in [0.25, 0.3) is 5.91 Å². The molecule has 0 fully saturated rings. The number of alkyl halides is 3. The number of halogens is 3. The van der Waals surface area contributed by atoms with Crippen LogP contribution >= 0.6 is 0 Å². The lowest BCUT2D eigenvalue weighted by molar-refractivity contribution is -0.137. The summed E-state index contributed by atoms with van der Waals surface area (Å²) < 4.78 is 39.1. The van der Waals surface area contributed by atoms with Crippen molar-refractivity contribution in [3.05, 3.63) is 47.3 Å².